The van der Waals surface area contributed by atoms with E-state index in [9.17, 15) is 9.59 Å². The van der Waals surface area contributed by atoms with Crippen molar-refractivity contribution in [1.29, 1.82) is 0 Å². The lowest BCUT2D eigenvalue weighted by atomic mass is 10.1. The van der Waals surface area contributed by atoms with Crippen molar-refractivity contribution in [3.05, 3.63) is 107 Å². The number of amides is 1. The van der Waals surface area contributed by atoms with Gasteiger partial charge in [-0.25, -0.2) is 4.79 Å². The van der Waals surface area contributed by atoms with Gasteiger partial charge in [-0.05, 0) is 53.6 Å². The van der Waals surface area contributed by atoms with E-state index in [2.05, 4.69) is 5.32 Å². The maximum atomic E-state index is 12.2. The average Bonchev–Trinajstić information content (AvgIpc) is 2.72. The molecule has 1 amide bonds. The van der Waals surface area contributed by atoms with Crippen LogP contribution in [0.25, 0.3) is 6.08 Å². The van der Waals surface area contributed by atoms with Gasteiger partial charge in [0.05, 0.1) is 0 Å². The third-order valence-electron chi connectivity index (χ3n) is 3.89. The Bertz CT molecular complexity index is 982. The van der Waals surface area contributed by atoms with Crippen LogP contribution in [0.5, 0.6) is 0 Å². The Hall–Kier alpha value is -3.37. The molecular weight excluding hydrogens is 374 g/mol. The molecule has 0 bridgehead atoms. The van der Waals surface area contributed by atoms with Crippen LogP contribution in [0.3, 0.4) is 0 Å². The van der Waals surface area contributed by atoms with Crippen molar-refractivity contribution in [2.45, 2.75) is 6.61 Å². The molecule has 0 aliphatic rings. The summed E-state index contributed by atoms with van der Waals surface area (Å²) in [7, 11) is 0. The largest absolute Gasteiger partial charge is 0.458 e. The molecule has 1 N–H and O–H groups in total. The van der Waals surface area contributed by atoms with Crippen LogP contribution in [0.15, 0.2) is 84.9 Å². The van der Waals surface area contributed by atoms with Crippen LogP contribution in [-0.4, -0.2) is 11.9 Å². The highest BCUT2D eigenvalue weighted by molar-refractivity contribution is 6.30. The molecule has 0 saturated heterocycles. The van der Waals surface area contributed by atoms with Gasteiger partial charge in [0.2, 0.25) is 0 Å². The number of nitrogens with one attached hydrogen (secondary N) is 1. The third-order valence-corrected chi connectivity index (χ3v) is 4.12. The molecule has 0 atom stereocenters. The molecule has 0 aromatic heterocycles. The maximum absolute atomic E-state index is 12.2. The second-order valence-electron chi connectivity index (χ2n) is 6.01. The number of ether oxygens (including phenoxy) is 1. The van der Waals surface area contributed by atoms with Crippen molar-refractivity contribution < 1.29 is 14.3 Å². The first-order valence-electron chi connectivity index (χ1n) is 8.66. The van der Waals surface area contributed by atoms with Gasteiger partial charge in [0, 0.05) is 22.3 Å². The summed E-state index contributed by atoms with van der Waals surface area (Å²) in [6, 6.07) is 23.3. The molecule has 0 aliphatic carbocycles. The third kappa shape index (κ3) is 5.83. The van der Waals surface area contributed by atoms with E-state index >= 15 is 0 Å². The molecule has 0 fully saturated rings. The zero-order chi connectivity index (χ0) is 19.8. The molecule has 5 heteroatoms. The molecule has 0 heterocycles. The van der Waals surface area contributed by atoms with Crippen LogP contribution in [0.4, 0.5) is 5.69 Å². The van der Waals surface area contributed by atoms with Crippen molar-refractivity contribution >= 4 is 35.2 Å². The number of carbonyl (C=O) groups excluding carboxylic acids is 2. The fourth-order valence-corrected chi connectivity index (χ4v) is 2.65. The molecule has 3 rings (SSSR count). The fraction of sp³-hybridized carbons (Fsp3) is 0.0435. The Morgan fingerprint density at radius 2 is 1.68 bits per heavy atom. The summed E-state index contributed by atoms with van der Waals surface area (Å²) in [6.07, 6.45) is 3.00. The van der Waals surface area contributed by atoms with E-state index in [1.165, 1.54) is 6.08 Å². The van der Waals surface area contributed by atoms with Crippen LogP contribution in [0, 0.1) is 0 Å². The van der Waals surface area contributed by atoms with E-state index < -0.39 is 5.97 Å². The lowest BCUT2D eigenvalue weighted by Gasteiger charge is -2.06. The summed E-state index contributed by atoms with van der Waals surface area (Å²) in [5.41, 5.74) is 2.87. The molecule has 0 unspecified atom stereocenters. The standard InChI is InChI=1S/C23H18ClNO3/c24-20-6-4-5-17(15-20)11-14-22(26)28-16-18-9-12-19(13-10-18)23(27)25-21-7-2-1-3-8-21/h1-15H,16H2,(H,25,27)/b14-11+. The second kappa shape index (κ2) is 9.53. The van der Waals surface area contributed by atoms with Crippen molar-refractivity contribution in [2.75, 3.05) is 5.32 Å². The van der Waals surface area contributed by atoms with E-state index in [-0.39, 0.29) is 12.5 Å². The Labute approximate surface area is 168 Å². The topological polar surface area (TPSA) is 55.4 Å². The van der Waals surface area contributed by atoms with Crippen LogP contribution >= 0.6 is 11.6 Å². The first-order valence-corrected chi connectivity index (χ1v) is 9.04. The number of esters is 1. The molecular formula is C23H18ClNO3. The Morgan fingerprint density at radius 1 is 0.929 bits per heavy atom. The number of halogens is 1. The average molecular weight is 392 g/mol. The Balaban J connectivity index is 1.51. The van der Waals surface area contributed by atoms with Crippen LogP contribution in [-0.2, 0) is 16.1 Å². The Kier molecular flexibility index (Phi) is 6.60. The van der Waals surface area contributed by atoms with Gasteiger partial charge in [-0.1, -0.05) is 54.1 Å². The summed E-state index contributed by atoms with van der Waals surface area (Å²) >= 11 is 5.90. The molecule has 0 spiro atoms. The molecule has 4 nitrogen and oxygen atoms in total. The number of hydrogen-bond donors (Lipinski definition) is 1. The van der Waals surface area contributed by atoms with Gasteiger partial charge in [-0.3, -0.25) is 4.79 Å². The molecule has 140 valence electrons. The van der Waals surface area contributed by atoms with Gasteiger partial charge >= 0.3 is 5.97 Å². The summed E-state index contributed by atoms with van der Waals surface area (Å²) in [5.74, 6) is -0.648. The Morgan fingerprint density at radius 3 is 2.39 bits per heavy atom. The highest BCUT2D eigenvalue weighted by Crippen LogP contribution is 2.13. The maximum Gasteiger partial charge on any atom is 0.331 e. The van der Waals surface area contributed by atoms with Crippen molar-refractivity contribution in [3.8, 4) is 0 Å². The highest BCUT2D eigenvalue weighted by Gasteiger charge is 2.06. The minimum absolute atomic E-state index is 0.124. The highest BCUT2D eigenvalue weighted by atomic mass is 35.5. The molecule has 0 radical (unpaired) electrons. The first kappa shape index (κ1) is 19.4. The minimum Gasteiger partial charge on any atom is -0.458 e. The van der Waals surface area contributed by atoms with Gasteiger partial charge < -0.3 is 10.1 Å². The zero-order valence-corrected chi connectivity index (χ0v) is 15.7. The number of rotatable bonds is 6. The first-order chi connectivity index (χ1) is 13.6. The quantitative estimate of drug-likeness (QED) is 0.455. The van der Waals surface area contributed by atoms with E-state index in [0.717, 1.165) is 16.8 Å². The van der Waals surface area contributed by atoms with Crippen molar-refractivity contribution in [3.63, 3.8) is 0 Å². The minimum atomic E-state index is -0.453. The van der Waals surface area contributed by atoms with Gasteiger partial charge in [-0.15, -0.1) is 0 Å². The summed E-state index contributed by atoms with van der Waals surface area (Å²) in [6.45, 7) is 0.124. The summed E-state index contributed by atoms with van der Waals surface area (Å²) in [5, 5.41) is 3.42. The summed E-state index contributed by atoms with van der Waals surface area (Å²) in [4.78, 5) is 24.1. The lowest BCUT2D eigenvalue weighted by Crippen LogP contribution is -2.11. The lowest BCUT2D eigenvalue weighted by molar-refractivity contribution is -0.138. The van der Waals surface area contributed by atoms with E-state index in [1.54, 1.807) is 42.5 Å². The molecule has 3 aromatic rings. The molecule has 0 saturated carbocycles. The predicted octanol–water partition coefficient (Wildman–Crippen LogP) is 5.35. The van der Waals surface area contributed by atoms with Crippen LogP contribution in [0.1, 0.15) is 21.5 Å². The smallest absolute Gasteiger partial charge is 0.331 e. The number of carbonyl (C=O) groups is 2. The van der Waals surface area contributed by atoms with Gasteiger partial charge in [0.25, 0.3) is 5.91 Å². The number of benzene rings is 3. The predicted molar refractivity (Wildman–Crippen MR) is 111 cm³/mol. The van der Waals surface area contributed by atoms with Gasteiger partial charge in [-0.2, -0.15) is 0 Å². The van der Waals surface area contributed by atoms with Crippen LogP contribution in [0.2, 0.25) is 5.02 Å². The van der Waals surface area contributed by atoms with Crippen LogP contribution < -0.4 is 5.32 Å². The monoisotopic (exact) mass is 391 g/mol. The van der Waals surface area contributed by atoms with Crippen molar-refractivity contribution in [1.82, 2.24) is 0 Å². The van der Waals surface area contributed by atoms with E-state index in [0.29, 0.717) is 10.6 Å². The van der Waals surface area contributed by atoms with E-state index in [1.807, 2.05) is 42.5 Å². The zero-order valence-electron chi connectivity index (χ0n) is 15.0. The molecule has 0 aliphatic heterocycles. The van der Waals surface area contributed by atoms with E-state index in [4.69, 9.17) is 16.3 Å². The number of para-hydroxylation sites is 1. The SMILES string of the molecule is O=C(/C=C/c1cccc(Cl)c1)OCc1ccc(C(=O)Nc2ccccc2)cc1. The van der Waals surface area contributed by atoms with Gasteiger partial charge in [0.15, 0.2) is 0 Å². The molecule has 3 aromatic carbocycles. The summed E-state index contributed by atoms with van der Waals surface area (Å²) < 4.78 is 5.22. The molecule has 28 heavy (non-hydrogen) atoms. The van der Waals surface area contributed by atoms with Gasteiger partial charge in [0.1, 0.15) is 6.61 Å². The fourth-order valence-electron chi connectivity index (χ4n) is 2.45. The number of anilines is 1. The normalized spacial score (nSPS) is 10.6. The second-order valence-corrected chi connectivity index (χ2v) is 6.45. The van der Waals surface area contributed by atoms with Crippen molar-refractivity contribution in [2.24, 2.45) is 0 Å². The number of hydrogen-bond acceptors (Lipinski definition) is 3.